The summed E-state index contributed by atoms with van der Waals surface area (Å²) >= 11 is 7.53. The van der Waals surface area contributed by atoms with Gasteiger partial charge in [0, 0.05) is 46.4 Å². The van der Waals surface area contributed by atoms with Crippen molar-refractivity contribution in [3.63, 3.8) is 0 Å². The summed E-state index contributed by atoms with van der Waals surface area (Å²) in [6, 6.07) is 7.23. The zero-order valence-electron chi connectivity index (χ0n) is 19.2. The number of thiazole rings is 1. The monoisotopic (exact) mass is 521 g/mol. The molecule has 2 aromatic heterocycles. The number of hydrogen-bond acceptors (Lipinski definition) is 6. The second-order valence-electron chi connectivity index (χ2n) is 9.41. The predicted octanol–water partition coefficient (Wildman–Crippen LogP) is 4.33. The average Bonchev–Trinajstić information content (AvgIpc) is 3.49. The van der Waals surface area contributed by atoms with Gasteiger partial charge in [-0.2, -0.15) is 0 Å². The molecule has 4 N–H and O–H groups in total. The van der Waals surface area contributed by atoms with Gasteiger partial charge in [-0.15, -0.1) is 23.7 Å². The van der Waals surface area contributed by atoms with Gasteiger partial charge < -0.3 is 16.0 Å². The number of carbonyl (C=O) groups excluding carboxylic acids is 2. The highest BCUT2D eigenvalue weighted by molar-refractivity contribution is 7.13. The second-order valence-corrected chi connectivity index (χ2v) is 10.9. The van der Waals surface area contributed by atoms with E-state index in [-0.39, 0.29) is 24.1 Å². The van der Waals surface area contributed by atoms with Crippen molar-refractivity contribution >= 4 is 57.9 Å². The molecule has 3 aromatic rings. The number of aromatic nitrogens is 2. The average molecular weight is 523 g/mol. The lowest BCUT2D eigenvalue weighted by Gasteiger charge is -2.30. The van der Waals surface area contributed by atoms with E-state index >= 15 is 0 Å². The normalized spacial score (nSPS) is 22.6. The van der Waals surface area contributed by atoms with Crippen LogP contribution in [0.25, 0.3) is 10.9 Å². The molecule has 0 spiro atoms. The number of fused-ring (bicyclic) bond motifs is 2. The molecule has 3 heterocycles. The Kier molecular flexibility index (Phi) is 7.09. The molecule has 7 nitrogen and oxygen atoms in total. The van der Waals surface area contributed by atoms with Gasteiger partial charge in [-0.3, -0.25) is 14.5 Å². The molecule has 1 amide bonds. The molecule has 0 bridgehead atoms. The van der Waals surface area contributed by atoms with Crippen molar-refractivity contribution in [2.24, 2.45) is 5.73 Å². The van der Waals surface area contributed by atoms with Crippen LogP contribution >= 0.6 is 35.3 Å². The number of benzene rings is 1. The Bertz CT molecular complexity index is 1240. The van der Waals surface area contributed by atoms with Crippen molar-refractivity contribution in [1.29, 1.82) is 0 Å². The van der Waals surface area contributed by atoms with Crippen LogP contribution in [-0.4, -0.2) is 50.7 Å². The van der Waals surface area contributed by atoms with E-state index in [9.17, 15) is 9.59 Å². The molecule has 5 rings (SSSR count). The summed E-state index contributed by atoms with van der Waals surface area (Å²) in [7, 11) is 0. The van der Waals surface area contributed by atoms with E-state index < -0.39 is 11.6 Å². The van der Waals surface area contributed by atoms with Gasteiger partial charge in [0.2, 0.25) is 5.78 Å². The molecule has 0 saturated heterocycles. The number of aromatic amines is 1. The minimum absolute atomic E-state index is 0. The quantitative estimate of drug-likeness (QED) is 0.433. The van der Waals surface area contributed by atoms with E-state index in [0.29, 0.717) is 34.6 Å². The third-order valence-corrected chi connectivity index (χ3v) is 8.26. The number of halogens is 2. The molecule has 34 heavy (non-hydrogen) atoms. The Labute approximate surface area is 213 Å². The van der Waals surface area contributed by atoms with Crippen LogP contribution in [0.15, 0.2) is 24.3 Å². The highest BCUT2D eigenvalue weighted by atomic mass is 35.5. The predicted molar refractivity (Wildman–Crippen MR) is 138 cm³/mol. The van der Waals surface area contributed by atoms with Crippen molar-refractivity contribution < 1.29 is 9.59 Å². The lowest BCUT2D eigenvalue weighted by molar-refractivity contribution is 0.0831. The number of carbonyl (C=O) groups is 2. The van der Waals surface area contributed by atoms with Gasteiger partial charge in [0.05, 0.1) is 17.4 Å². The summed E-state index contributed by atoms with van der Waals surface area (Å²) in [5.74, 6) is -0.438. The fourth-order valence-corrected chi connectivity index (χ4v) is 6.17. The first-order chi connectivity index (χ1) is 15.7. The second kappa shape index (κ2) is 9.59. The molecule has 1 fully saturated rings. The topological polar surface area (TPSA) is 104 Å². The minimum atomic E-state index is -1.16. The Hall–Kier alpha value is -1.97. The molecular formula is C24H29Cl2N5O2S. The van der Waals surface area contributed by atoms with E-state index in [0.717, 1.165) is 47.4 Å². The van der Waals surface area contributed by atoms with Crippen LogP contribution in [0.3, 0.4) is 0 Å². The number of H-pyrrole nitrogens is 1. The smallest absolute Gasteiger partial charge is 0.280 e. The zero-order chi connectivity index (χ0) is 23.3. The number of nitrogens with one attached hydrogen (secondary N) is 2. The van der Waals surface area contributed by atoms with Gasteiger partial charge in [0.15, 0.2) is 5.01 Å². The van der Waals surface area contributed by atoms with E-state index in [1.54, 1.807) is 12.1 Å². The molecule has 0 radical (unpaired) electrons. The van der Waals surface area contributed by atoms with Gasteiger partial charge in [-0.25, -0.2) is 4.98 Å². The third-order valence-electron chi connectivity index (χ3n) is 6.95. The molecule has 2 aliphatic rings. The van der Waals surface area contributed by atoms with Crippen LogP contribution in [0.2, 0.25) is 5.02 Å². The van der Waals surface area contributed by atoms with Gasteiger partial charge in [-0.1, -0.05) is 11.6 Å². The SMILES string of the molecule is CC(C)N1CCc2nc(C(=O)NC3CCCC3(N)C(=O)c3cc4cc(Cl)ccc4[nH]3)sc2C1.Cl. The van der Waals surface area contributed by atoms with Crippen molar-refractivity contribution in [2.75, 3.05) is 6.54 Å². The number of amides is 1. The summed E-state index contributed by atoms with van der Waals surface area (Å²) in [6.45, 7) is 6.14. The summed E-state index contributed by atoms with van der Waals surface area (Å²) < 4.78 is 0. The van der Waals surface area contributed by atoms with Gasteiger partial charge in [-0.05, 0) is 57.4 Å². The molecule has 1 aliphatic heterocycles. The lowest BCUT2D eigenvalue weighted by atomic mass is 9.87. The first-order valence-corrected chi connectivity index (χ1v) is 12.6. The number of nitrogens with zero attached hydrogens (tertiary/aromatic N) is 2. The standard InChI is InChI=1S/C24H28ClN5O2S.ClH/c1-13(2)30-9-7-17-19(12-30)33-23(28-17)22(32)29-20-4-3-8-24(20,26)21(31)18-11-14-10-15(25)5-6-16(14)27-18;/h5-6,10-11,13,20,27H,3-4,7-9,12,26H2,1-2H3,(H,29,32);1H. The molecule has 2 atom stereocenters. The lowest BCUT2D eigenvalue weighted by Crippen LogP contribution is -2.60. The fraction of sp³-hybridized carbons (Fsp3) is 0.458. The molecule has 10 heteroatoms. The Balaban J connectivity index is 0.00000274. The van der Waals surface area contributed by atoms with E-state index in [1.165, 1.54) is 11.3 Å². The number of hydrogen-bond donors (Lipinski definition) is 3. The zero-order valence-corrected chi connectivity index (χ0v) is 21.6. The molecule has 2 unspecified atom stereocenters. The van der Waals surface area contributed by atoms with Gasteiger partial charge in [0.1, 0.15) is 5.54 Å². The van der Waals surface area contributed by atoms with Crippen LogP contribution in [-0.2, 0) is 13.0 Å². The first-order valence-electron chi connectivity index (χ1n) is 11.4. The van der Waals surface area contributed by atoms with Crippen molar-refractivity contribution in [3.05, 3.63) is 50.6 Å². The Morgan fingerprint density at radius 2 is 2.15 bits per heavy atom. The summed E-state index contributed by atoms with van der Waals surface area (Å²) in [5.41, 5.74) is 7.79. The molecule has 1 aromatic carbocycles. The highest BCUT2D eigenvalue weighted by Crippen LogP contribution is 2.33. The van der Waals surface area contributed by atoms with Gasteiger partial charge in [0.25, 0.3) is 5.91 Å². The maximum atomic E-state index is 13.5. The maximum absolute atomic E-state index is 13.5. The van der Waals surface area contributed by atoms with Crippen LogP contribution < -0.4 is 11.1 Å². The Morgan fingerprint density at radius 1 is 1.35 bits per heavy atom. The first kappa shape index (κ1) is 25.1. The molecule has 1 aliphatic carbocycles. The van der Waals surface area contributed by atoms with Crippen molar-refractivity contribution in [1.82, 2.24) is 20.2 Å². The van der Waals surface area contributed by atoms with Crippen LogP contribution in [0.5, 0.6) is 0 Å². The number of nitrogens with two attached hydrogens (primary N) is 1. The van der Waals surface area contributed by atoms with Crippen molar-refractivity contribution in [3.8, 4) is 0 Å². The van der Waals surface area contributed by atoms with Crippen LogP contribution in [0.1, 0.15) is 64.0 Å². The number of Topliss-reactive ketones (excluding diaryl/α,β-unsaturated/α-hetero) is 1. The van der Waals surface area contributed by atoms with Gasteiger partial charge >= 0.3 is 0 Å². The minimum Gasteiger partial charge on any atom is -0.352 e. The highest BCUT2D eigenvalue weighted by Gasteiger charge is 2.47. The van der Waals surface area contributed by atoms with Crippen LogP contribution in [0, 0.1) is 0 Å². The summed E-state index contributed by atoms with van der Waals surface area (Å²) in [5, 5.41) is 4.95. The van der Waals surface area contributed by atoms with Crippen LogP contribution in [0.4, 0.5) is 0 Å². The summed E-state index contributed by atoms with van der Waals surface area (Å²) in [6.07, 6.45) is 2.80. The molecule has 1 saturated carbocycles. The van der Waals surface area contributed by atoms with Crippen molar-refractivity contribution in [2.45, 2.75) is 63.7 Å². The van der Waals surface area contributed by atoms with E-state index in [2.05, 4.69) is 34.0 Å². The molecular weight excluding hydrogens is 493 g/mol. The number of rotatable bonds is 5. The Morgan fingerprint density at radius 3 is 2.91 bits per heavy atom. The van der Waals surface area contributed by atoms with E-state index in [4.69, 9.17) is 17.3 Å². The third kappa shape index (κ3) is 4.50. The molecule has 182 valence electrons. The number of ketones is 1. The maximum Gasteiger partial charge on any atom is 0.280 e. The summed E-state index contributed by atoms with van der Waals surface area (Å²) in [4.78, 5) is 37.9. The van der Waals surface area contributed by atoms with E-state index in [1.807, 2.05) is 12.1 Å². The fourth-order valence-electron chi connectivity index (χ4n) is 4.95. The largest absolute Gasteiger partial charge is 0.352 e.